The van der Waals surface area contributed by atoms with Crippen molar-refractivity contribution in [1.82, 2.24) is 15.5 Å². The maximum absolute atomic E-state index is 12.4. The Morgan fingerprint density at radius 1 is 1.40 bits per heavy atom. The molecule has 2 saturated heterocycles. The highest BCUT2D eigenvalue weighted by Crippen LogP contribution is 2.24. The minimum atomic E-state index is -0.979. The van der Waals surface area contributed by atoms with E-state index in [1.54, 1.807) is 24.3 Å². The number of urea groups is 1. The number of halogens is 1. The van der Waals surface area contributed by atoms with Crippen LogP contribution >= 0.6 is 11.6 Å². The molecule has 3 rings (SSSR count). The van der Waals surface area contributed by atoms with Gasteiger partial charge in [0, 0.05) is 6.54 Å². The highest BCUT2D eigenvalue weighted by Gasteiger charge is 2.47. The first-order chi connectivity index (χ1) is 11.9. The maximum atomic E-state index is 12.4. The van der Waals surface area contributed by atoms with E-state index in [1.807, 2.05) is 0 Å². The Kier molecular flexibility index (Phi) is 4.82. The largest absolute Gasteiger partial charge is 0.391 e. The van der Waals surface area contributed by atoms with Crippen LogP contribution in [0.5, 0.6) is 0 Å². The van der Waals surface area contributed by atoms with Crippen LogP contribution < -0.4 is 16.0 Å². The molecule has 2 aliphatic rings. The van der Waals surface area contributed by atoms with Crippen LogP contribution in [-0.2, 0) is 9.59 Å². The third-order valence-corrected chi connectivity index (χ3v) is 4.72. The Bertz CT molecular complexity index is 711. The van der Waals surface area contributed by atoms with Crippen LogP contribution in [-0.4, -0.2) is 58.6 Å². The van der Waals surface area contributed by atoms with E-state index in [2.05, 4.69) is 16.0 Å². The van der Waals surface area contributed by atoms with Gasteiger partial charge in [0.2, 0.25) is 11.8 Å². The molecule has 1 aromatic carbocycles. The van der Waals surface area contributed by atoms with Gasteiger partial charge in [-0.2, -0.15) is 0 Å². The molecule has 0 aliphatic carbocycles. The average Bonchev–Trinajstić information content (AvgIpc) is 2.97. The van der Waals surface area contributed by atoms with Gasteiger partial charge in [-0.15, -0.1) is 0 Å². The summed E-state index contributed by atoms with van der Waals surface area (Å²) in [5.74, 6) is -0.656. The van der Waals surface area contributed by atoms with Crippen LogP contribution in [0, 0.1) is 0 Å². The number of benzene rings is 1. The molecule has 9 heteroatoms. The number of hydrogen-bond acceptors (Lipinski definition) is 4. The lowest BCUT2D eigenvalue weighted by atomic mass is 10.0. The van der Waals surface area contributed by atoms with Crippen molar-refractivity contribution in [3.05, 3.63) is 29.3 Å². The molecule has 2 aliphatic heterocycles. The van der Waals surface area contributed by atoms with Crippen molar-refractivity contribution in [3.8, 4) is 0 Å². The normalized spacial score (nSPS) is 26.7. The van der Waals surface area contributed by atoms with E-state index in [9.17, 15) is 19.5 Å². The number of aliphatic hydroxyl groups excluding tert-OH is 1. The zero-order chi connectivity index (χ0) is 18.1. The molecular formula is C16H19ClN4O4. The Balaban J connectivity index is 1.63. The SMILES string of the molecule is C[C@@H](O)[C@@H]1NC(=O)[C@@H]2C[C@H](NC(=O)Nc3ccccc3Cl)CN2C1=O. The standard InChI is InChI=1S/C16H19ClN4O4/c1-8(22)13-15(24)21-7-9(6-12(21)14(23)20-13)18-16(25)19-11-5-3-2-4-10(11)17/h2-5,8-9,12-13,22H,6-7H2,1H3,(H,20,23)(H2,18,19,25)/t8-,9+,12+,13+/m1/s1. The van der Waals surface area contributed by atoms with Crippen LogP contribution in [0.1, 0.15) is 13.3 Å². The second-order valence-corrected chi connectivity index (χ2v) is 6.65. The topological polar surface area (TPSA) is 111 Å². The number of hydrogen-bond donors (Lipinski definition) is 4. The van der Waals surface area contributed by atoms with E-state index in [1.165, 1.54) is 11.8 Å². The Labute approximate surface area is 149 Å². The molecule has 0 bridgehead atoms. The predicted octanol–water partition coefficient (Wildman–Crippen LogP) is 0.310. The number of nitrogens with zero attached hydrogens (tertiary/aromatic N) is 1. The van der Waals surface area contributed by atoms with Gasteiger partial charge in [-0.1, -0.05) is 23.7 Å². The second-order valence-electron chi connectivity index (χ2n) is 6.24. The lowest BCUT2D eigenvalue weighted by Gasteiger charge is -2.35. The Morgan fingerprint density at radius 2 is 2.12 bits per heavy atom. The van der Waals surface area contributed by atoms with E-state index in [0.717, 1.165) is 0 Å². The number of anilines is 1. The minimum Gasteiger partial charge on any atom is -0.391 e. The van der Waals surface area contributed by atoms with Crippen LogP contribution in [0.25, 0.3) is 0 Å². The molecular weight excluding hydrogens is 348 g/mol. The third-order valence-electron chi connectivity index (χ3n) is 4.39. The number of rotatable bonds is 3. The molecule has 4 N–H and O–H groups in total. The Morgan fingerprint density at radius 3 is 2.80 bits per heavy atom. The molecule has 0 unspecified atom stereocenters. The van der Waals surface area contributed by atoms with Gasteiger partial charge in [0.25, 0.3) is 0 Å². The molecule has 0 spiro atoms. The van der Waals surface area contributed by atoms with Crippen molar-refractivity contribution >= 4 is 35.1 Å². The van der Waals surface area contributed by atoms with Crippen molar-refractivity contribution in [1.29, 1.82) is 0 Å². The van der Waals surface area contributed by atoms with Gasteiger partial charge >= 0.3 is 6.03 Å². The fourth-order valence-electron chi connectivity index (χ4n) is 3.16. The molecule has 4 atom stereocenters. The smallest absolute Gasteiger partial charge is 0.319 e. The van der Waals surface area contributed by atoms with Gasteiger partial charge in [0.05, 0.1) is 22.9 Å². The number of para-hydroxylation sites is 1. The number of aliphatic hydroxyl groups is 1. The van der Waals surface area contributed by atoms with Crippen molar-refractivity contribution in [2.24, 2.45) is 0 Å². The fraction of sp³-hybridized carbons (Fsp3) is 0.438. The lowest BCUT2D eigenvalue weighted by Crippen LogP contribution is -2.64. The van der Waals surface area contributed by atoms with Crippen molar-refractivity contribution < 1.29 is 19.5 Å². The highest BCUT2D eigenvalue weighted by molar-refractivity contribution is 6.33. The molecule has 0 aromatic heterocycles. The molecule has 2 heterocycles. The summed E-state index contributed by atoms with van der Waals surface area (Å²) >= 11 is 6.00. The molecule has 4 amide bonds. The first-order valence-corrected chi connectivity index (χ1v) is 8.35. The number of amides is 4. The molecule has 1 aromatic rings. The molecule has 8 nitrogen and oxygen atoms in total. The first-order valence-electron chi connectivity index (χ1n) is 7.98. The summed E-state index contributed by atoms with van der Waals surface area (Å²) in [4.78, 5) is 38.1. The number of carbonyl (C=O) groups is 3. The third kappa shape index (κ3) is 3.54. The summed E-state index contributed by atoms with van der Waals surface area (Å²) in [6.07, 6.45) is -0.659. The summed E-state index contributed by atoms with van der Waals surface area (Å²) in [6, 6.07) is 4.43. The number of carbonyl (C=O) groups excluding carboxylic acids is 3. The highest BCUT2D eigenvalue weighted by atomic mass is 35.5. The van der Waals surface area contributed by atoms with Crippen LogP contribution in [0.15, 0.2) is 24.3 Å². The average molecular weight is 367 g/mol. The lowest BCUT2D eigenvalue weighted by molar-refractivity contribution is -0.149. The van der Waals surface area contributed by atoms with Crippen LogP contribution in [0.2, 0.25) is 5.02 Å². The number of nitrogens with one attached hydrogen (secondary N) is 3. The monoisotopic (exact) mass is 366 g/mol. The van der Waals surface area contributed by atoms with E-state index in [4.69, 9.17) is 11.6 Å². The molecule has 25 heavy (non-hydrogen) atoms. The summed E-state index contributed by atoms with van der Waals surface area (Å²) in [7, 11) is 0. The van der Waals surface area contributed by atoms with E-state index < -0.39 is 24.2 Å². The summed E-state index contributed by atoms with van der Waals surface area (Å²) in [5, 5.41) is 18.0. The molecule has 0 saturated carbocycles. The van der Waals surface area contributed by atoms with Gasteiger partial charge in [0.1, 0.15) is 12.1 Å². The van der Waals surface area contributed by atoms with E-state index in [-0.39, 0.29) is 24.4 Å². The van der Waals surface area contributed by atoms with Crippen molar-refractivity contribution in [3.63, 3.8) is 0 Å². The van der Waals surface area contributed by atoms with Crippen molar-refractivity contribution in [2.75, 3.05) is 11.9 Å². The van der Waals surface area contributed by atoms with E-state index in [0.29, 0.717) is 17.1 Å². The number of fused-ring (bicyclic) bond motifs is 1. The second kappa shape index (κ2) is 6.89. The van der Waals surface area contributed by atoms with Gasteiger partial charge in [0.15, 0.2) is 0 Å². The summed E-state index contributed by atoms with van der Waals surface area (Å²) in [5.41, 5.74) is 0.473. The first kappa shape index (κ1) is 17.5. The van der Waals surface area contributed by atoms with Gasteiger partial charge in [-0.3, -0.25) is 9.59 Å². The van der Waals surface area contributed by atoms with E-state index >= 15 is 0 Å². The van der Waals surface area contributed by atoms with Crippen LogP contribution in [0.4, 0.5) is 10.5 Å². The van der Waals surface area contributed by atoms with Gasteiger partial charge in [-0.25, -0.2) is 4.79 Å². The van der Waals surface area contributed by atoms with Crippen LogP contribution in [0.3, 0.4) is 0 Å². The molecule has 134 valence electrons. The number of piperazine rings is 1. The van der Waals surface area contributed by atoms with Crippen molar-refractivity contribution in [2.45, 2.75) is 37.6 Å². The Hall–Kier alpha value is -2.32. The fourth-order valence-corrected chi connectivity index (χ4v) is 3.34. The summed E-state index contributed by atoms with van der Waals surface area (Å²) < 4.78 is 0. The zero-order valence-electron chi connectivity index (χ0n) is 13.5. The molecule has 2 fully saturated rings. The van der Waals surface area contributed by atoms with Gasteiger partial charge < -0.3 is 26.0 Å². The predicted molar refractivity (Wildman–Crippen MR) is 91.1 cm³/mol. The minimum absolute atomic E-state index is 0.218. The molecule has 0 radical (unpaired) electrons. The zero-order valence-corrected chi connectivity index (χ0v) is 14.3. The quantitative estimate of drug-likeness (QED) is 0.617. The maximum Gasteiger partial charge on any atom is 0.319 e. The summed E-state index contributed by atoms with van der Waals surface area (Å²) in [6.45, 7) is 1.67. The van der Waals surface area contributed by atoms with Gasteiger partial charge in [-0.05, 0) is 25.5 Å².